The van der Waals surface area contributed by atoms with Gasteiger partial charge in [0, 0.05) is 27.9 Å². The number of hydrogen-bond donors (Lipinski definition) is 1. The van der Waals surface area contributed by atoms with Gasteiger partial charge in [-0.3, -0.25) is 14.4 Å². The summed E-state index contributed by atoms with van der Waals surface area (Å²) in [5.41, 5.74) is 0. The van der Waals surface area contributed by atoms with E-state index in [4.69, 9.17) is 23.7 Å². The lowest BCUT2D eigenvalue weighted by Crippen LogP contribution is -2.62. The van der Waals surface area contributed by atoms with Gasteiger partial charge < -0.3 is 28.8 Å². The van der Waals surface area contributed by atoms with Gasteiger partial charge in [0.15, 0.2) is 24.6 Å². The van der Waals surface area contributed by atoms with Crippen LogP contribution in [0.3, 0.4) is 0 Å². The zero-order valence-electron chi connectivity index (χ0n) is 12.8. The van der Waals surface area contributed by atoms with Gasteiger partial charge in [-0.05, 0) is 0 Å². The molecule has 1 saturated heterocycles. The van der Waals surface area contributed by atoms with Crippen molar-refractivity contribution in [3.05, 3.63) is 0 Å². The fourth-order valence-electron chi connectivity index (χ4n) is 2.19. The molecule has 1 aliphatic rings. The van der Waals surface area contributed by atoms with E-state index in [9.17, 15) is 19.5 Å². The molecule has 126 valence electrons. The number of carbonyl (C=O) groups excluding carboxylic acids is 3. The molecule has 9 nitrogen and oxygen atoms in total. The zero-order chi connectivity index (χ0) is 16.9. The SMILES string of the molecule is CO[C@@H]1OC(CO)[C@H](OC(C)=O)[C@H](OC(C)=O)C1OC(C)=O. The molecular formula is C13H20O9. The lowest BCUT2D eigenvalue weighted by molar-refractivity contribution is -0.302. The number of carbonyl (C=O) groups is 3. The van der Waals surface area contributed by atoms with Crippen LogP contribution in [0.4, 0.5) is 0 Å². The van der Waals surface area contributed by atoms with Crippen LogP contribution in [0, 0.1) is 0 Å². The minimum absolute atomic E-state index is 0.512. The van der Waals surface area contributed by atoms with E-state index in [1.807, 2.05) is 0 Å². The Morgan fingerprint density at radius 1 is 0.909 bits per heavy atom. The second kappa shape index (κ2) is 8.06. The van der Waals surface area contributed by atoms with E-state index < -0.39 is 55.2 Å². The minimum Gasteiger partial charge on any atom is -0.456 e. The molecule has 2 unspecified atom stereocenters. The molecule has 1 N–H and O–H groups in total. The van der Waals surface area contributed by atoms with Crippen LogP contribution in [-0.4, -0.2) is 67.4 Å². The van der Waals surface area contributed by atoms with Gasteiger partial charge in [-0.2, -0.15) is 0 Å². The second-order valence-corrected chi connectivity index (χ2v) is 4.68. The molecule has 1 rings (SSSR count). The second-order valence-electron chi connectivity index (χ2n) is 4.68. The Balaban J connectivity index is 3.14. The van der Waals surface area contributed by atoms with Crippen LogP contribution >= 0.6 is 0 Å². The smallest absolute Gasteiger partial charge is 0.303 e. The number of ether oxygens (including phenoxy) is 5. The van der Waals surface area contributed by atoms with E-state index in [2.05, 4.69) is 0 Å². The highest BCUT2D eigenvalue weighted by Gasteiger charge is 2.51. The van der Waals surface area contributed by atoms with Crippen LogP contribution in [0.5, 0.6) is 0 Å². The first-order chi connectivity index (χ1) is 10.3. The number of esters is 3. The molecule has 0 aromatic rings. The van der Waals surface area contributed by atoms with Crippen molar-refractivity contribution < 1.29 is 43.2 Å². The fraction of sp³-hybridized carbons (Fsp3) is 0.769. The van der Waals surface area contributed by atoms with Crippen molar-refractivity contribution in [1.82, 2.24) is 0 Å². The first-order valence-electron chi connectivity index (χ1n) is 6.61. The third-order valence-electron chi connectivity index (χ3n) is 2.91. The lowest BCUT2D eigenvalue weighted by Gasteiger charge is -2.43. The van der Waals surface area contributed by atoms with Crippen molar-refractivity contribution in [1.29, 1.82) is 0 Å². The first kappa shape index (κ1) is 18.3. The van der Waals surface area contributed by atoms with Crippen molar-refractivity contribution in [2.24, 2.45) is 0 Å². The molecule has 0 spiro atoms. The highest BCUT2D eigenvalue weighted by molar-refractivity contribution is 5.68. The van der Waals surface area contributed by atoms with Gasteiger partial charge in [0.2, 0.25) is 0 Å². The van der Waals surface area contributed by atoms with Crippen LogP contribution in [-0.2, 0) is 38.1 Å². The normalized spacial score (nSPS) is 31.2. The van der Waals surface area contributed by atoms with Gasteiger partial charge >= 0.3 is 17.9 Å². The molecule has 0 bridgehead atoms. The standard InChI is InChI=1S/C13H20O9/c1-6(15)19-10-9(5-14)22-13(18-4)12(21-8(3)17)11(10)20-7(2)16/h9-14H,5H2,1-4H3/t9?,10-,11-,12?,13+/m0/s1. The molecular weight excluding hydrogens is 300 g/mol. The predicted molar refractivity (Wildman–Crippen MR) is 69.4 cm³/mol. The van der Waals surface area contributed by atoms with Gasteiger partial charge in [-0.1, -0.05) is 0 Å². The Bertz CT molecular complexity index is 392. The summed E-state index contributed by atoms with van der Waals surface area (Å²) in [6.45, 7) is 2.96. The van der Waals surface area contributed by atoms with Crippen molar-refractivity contribution in [2.75, 3.05) is 13.7 Å². The molecule has 1 aliphatic heterocycles. The van der Waals surface area contributed by atoms with E-state index in [1.54, 1.807) is 0 Å². The Morgan fingerprint density at radius 3 is 1.77 bits per heavy atom. The maximum absolute atomic E-state index is 11.3. The van der Waals surface area contributed by atoms with Crippen molar-refractivity contribution in [3.63, 3.8) is 0 Å². The van der Waals surface area contributed by atoms with Crippen molar-refractivity contribution in [3.8, 4) is 0 Å². The average molecular weight is 320 g/mol. The summed E-state index contributed by atoms with van der Waals surface area (Å²) in [5.74, 6) is -1.99. The highest BCUT2D eigenvalue weighted by atomic mass is 16.7. The van der Waals surface area contributed by atoms with E-state index in [0.717, 1.165) is 20.8 Å². The number of aliphatic hydroxyl groups is 1. The Kier molecular flexibility index (Phi) is 6.72. The summed E-state index contributed by atoms with van der Waals surface area (Å²) >= 11 is 0. The monoisotopic (exact) mass is 320 g/mol. The topological polar surface area (TPSA) is 118 Å². The summed E-state index contributed by atoms with van der Waals surface area (Å²) in [5, 5.41) is 9.39. The number of aliphatic hydroxyl groups excluding tert-OH is 1. The molecule has 1 heterocycles. The maximum atomic E-state index is 11.3. The molecule has 0 amide bonds. The molecule has 1 fully saturated rings. The third kappa shape index (κ3) is 4.65. The largest absolute Gasteiger partial charge is 0.456 e. The Morgan fingerprint density at radius 2 is 1.36 bits per heavy atom. The quantitative estimate of drug-likeness (QED) is 0.510. The fourth-order valence-corrected chi connectivity index (χ4v) is 2.19. The van der Waals surface area contributed by atoms with Crippen molar-refractivity contribution >= 4 is 17.9 Å². The molecule has 0 aliphatic carbocycles. The van der Waals surface area contributed by atoms with Crippen LogP contribution in [0.1, 0.15) is 20.8 Å². The van der Waals surface area contributed by atoms with Crippen molar-refractivity contribution in [2.45, 2.75) is 51.5 Å². The van der Waals surface area contributed by atoms with E-state index in [1.165, 1.54) is 7.11 Å². The number of methoxy groups -OCH3 is 1. The first-order valence-corrected chi connectivity index (χ1v) is 6.61. The summed E-state index contributed by atoms with van der Waals surface area (Å²) in [4.78, 5) is 33.8. The molecule has 22 heavy (non-hydrogen) atoms. The predicted octanol–water partition coefficient (Wildman–Crippen LogP) is -0.855. The molecule has 9 heteroatoms. The summed E-state index contributed by atoms with van der Waals surface area (Å²) < 4.78 is 25.7. The minimum atomic E-state index is -1.17. The molecule has 0 saturated carbocycles. The van der Waals surface area contributed by atoms with Crippen LogP contribution in [0.2, 0.25) is 0 Å². The molecule has 0 aromatic heterocycles. The third-order valence-corrected chi connectivity index (χ3v) is 2.91. The lowest BCUT2D eigenvalue weighted by atomic mass is 9.98. The number of hydrogen-bond acceptors (Lipinski definition) is 9. The molecule has 0 radical (unpaired) electrons. The summed E-state index contributed by atoms with van der Waals surface area (Å²) in [7, 11) is 1.30. The van der Waals surface area contributed by atoms with E-state index >= 15 is 0 Å². The Labute approximate surface area is 127 Å². The summed E-state index contributed by atoms with van der Waals surface area (Å²) in [6.07, 6.45) is -5.52. The maximum Gasteiger partial charge on any atom is 0.303 e. The highest BCUT2D eigenvalue weighted by Crippen LogP contribution is 2.28. The van der Waals surface area contributed by atoms with E-state index in [0.29, 0.717) is 0 Å². The number of rotatable bonds is 5. The Hall–Kier alpha value is -1.71. The van der Waals surface area contributed by atoms with E-state index in [-0.39, 0.29) is 0 Å². The molecule has 5 atom stereocenters. The van der Waals surface area contributed by atoms with Gasteiger partial charge in [0.25, 0.3) is 0 Å². The molecule has 0 aromatic carbocycles. The van der Waals surface area contributed by atoms with Gasteiger partial charge in [-0.15, -0.1) is 0 Å². The van der Waals surface area contributed by atoms with Gasteiger partial charge in [0.1, 0.15) is 6.10 Å². The zero-order valence-corrected chi connectivity index (χ0v) is 12.8. The van der Waals surface area contributed by atoms with Crippen LogP contribution < -0.4 is 0 Å². The van der Waals surface area contributed by atoms with Gasteiger partial charge in [0.05, 0.1) is 6.61 Å². The van der Waals surface area contributed by atoms with Crippen LogP contribution in [0.25, 0.3) is 0 Å². The van der Waals surface area contributed by atoms with Crippen LogP contribution in [0.15, 0.2) is 0 Å². The average Bonchev–Trinajstić information content (AvgIpc) is 2.41. The summed E-state index contributed by atoms with van der Waals surface area (Å²) in [6, 6.07) is 0. The van der Waals surface area contributed by atoms with Gasteiger partial charge in [-0.25, -0.2) is 0 Å².